The van der Waals surface area contributed by atoms with Crippen molar-refractivity contribution in [3.05, 3.63) is 12.2 Å². The summed E-state index contributed by atoms with van der Waals surface area (Å²) >= 11 is 0. The van der Waals surface area contributed by atoms with Crippen LogP contribution in [0.1, 0.15) is 6.92 Å². The molecule has 0 fully saturated rings. The molecule has 98 valence electrons. The average molecular weight is 248 g/mol. The van der Waals surface area contributed by atoms with E-state index in [4.69, 9.17) is 10.2 Å². The zero-order chi connectivity index (χ0) is 13.6. The molecule has 0 saturated heterocycles. The lowest BCUT2D eigenvalue weighted by Crippen LogP contribution is -2.45. The molecule has 17 heavy (non-hydrogen) atoms. The molecule has 0 bridgehead atoms. The molecule has 0 unspecified atom stereocenters. The molecule has 0 aromatic rings. The van der Waals surface area contributed by atoms with Crippen molar-refractivity contribution in [1.82, 2.24) is 0 Å². The van der Waals surface area contributed by atoms with Crippen molar-refractivity contribution >= 4 is 11.8 Å². The van der Waals surface area contributed by atoms with Crippen molar-refractivity contribution in [3.8, 4) is 0 Å². The van der Waals surface area contributed by atoms with Crippen molar-refractivity contribution in [2.75, 3.05) is 13.2 Å². The predicted octanol–water partition coefficient (Wildman–Crippen LogP) is -2.25. The second-order valence-electron chi connectivity index (χ2n) is 3.51. The quantitative estimate of drug-likeness (QED) is 0.296. The van der Waals surface area contributed by atoms with Crippen LogP contribution in [-0.4, -0.2) is 63.7 Å². The van der Waals surface area contributed by atoms with Gasteiger partial charge in [0, 0.05) is 5.57 Å². The third-order valence-corrected chi connectivity index (χ3v) is 1.94. The summed E-state index contributed by atoms with van der Waals surface area (Å²) < 4.78 is 4.52. The van der Waals surface area contributed by atoms with Crippen LogP contribution in [-0.2, 0) is 14.3 Å². The molecule has 4 N–H and O–H groups in total. The number of esters is 1. The summed E-state index contributed by atoms with van der Waals surface area (Å²) in [5, 5.41) is 36.2. The smallest absolute Gasteiger partial charge is 0.333 e. The molecular formula is C10H16O7. The number of aliphatic hydroxyl groups excluding tert-OH is 4. The highest BCUT2D eigenvalue weighted by Gasteiger charge is 2.30. The number of aliphatic hydroxyl groups is 4. The number of ether oxygens (including phenoxy) is 1. The third-order valence-electron chi connectivity index (χ3n) is 1.94. The van der Waals surface area contributed by atoms with E-state index in [1.807, 2.05) is 0 Å². The van der Waals surface area contributed by atoms with Crippen molar-refractivity contribution < 1.29 is 34.8 Å². The van der Waals surface area contributed by atoms with E-state index in [1.54, 1.807) is 0 Å². The summed E-state index contributed by atoms with van der Waals surface area (Å²) in [4.78, 5) is 21.8. The van der Waals surface area contributed by atoms with E-state index < -0.39 is 43.3 Å². The second-order valence-corrected chi connectivity index (χ2v) is 3.51. The minimum Gasteiger partial charge on any atom is -0.459 e. The van der Waals surface area contributed by atoms with Gasteiger partial charge in [0.2, 0.25) is 0 Å². The second kappa shape index (κ2) is 7.13. The zero-order valence-electron chi connectivity index (χ0n) is 9.37. The Bertz CT molecular complexity index is 299. The maximum atomic E-state index is 10.9. The van der Waals surface area contributed by atoms with Crippen LogP contribution in [0, 0.1) is 0 Å². The lowest BCUT2D eigenvalue weighted by molar-refractivity contribution is -0.151. The van der Waals surface area contributed by atoms with E-state index in [2.05, 4.69) is 11.3 Å². The zero-order valence-corrected chi connectivity index (χ0v) is 9.37. The third kappa shape index (κ3) is 5.05. The molecule has 0 spiro atoms. The molecule has 0 amide bonds. The van der Waals surface area contributed by atoms with Gasteiger partial charge in [-0.25, -0.2) is 4.79 Å². The first kappa shape index (κ1) is 15.7. The van der Waals surface area contributed by atoms with Gasteiger partial charge in [0.05, 0.1) is 0 Å². The van der Waals surface area contributed by atoms with Crippen molar-refractivity contribution in [3.63, 3.8) is 0 Å². The lowest BCUT2D eigenvalue weighted by Gasteiger charge is -2.21. The van der Waals surface area contributed by atoms with Gasteiger partial charge in [-0.1, -0.05) is 6.58 Å². The maximum absolute atomic E-state index is 10.9. The molecule has 7 nitrogen and oxygen atoms in total. The van der Waals surface area contributed by atoms with E-state index in [0.29, 0.717) is 0 Å². The highest BCUT2D eigenvalue weighted by atomic mass is 16.5. The van der Waals surface area contributed by atoms with E-state index in [-0.39, 0.29) is 5.57 Å². The summed E-state index contributed by atoms with van der Waals surface area (Å²) in [5.41, 5.74) is 0.110. The normalized spacial score (nSPS) is 15.8. The van der Waals surface area contributed by atoms with E-state index in [9.17, 15) is 19.8 Å². The molecule has 0 aliphatic heterocycles. The molecule has 0 aliphatic carbocycles. The van der Waals surface area contributed by atoms with Crippen LogP contribution >= 0.6 is 0 Å². The summed E-state index contributed by atoms with van der Waals surface area (Å²) in [6.07, 6.45) is -5.41. The lowest BCUT2D eigenvalue weighted by atomic mass is 10.1. The Labute approximate surface area is 97.9 Å². The van der Waals surface area contributed by atoms with Crippen LogP contribution in [0.5, 0.6) is 0 Å². The molecule has 7 heteroatoms. The van der Waals surface area contributed by atoms with E-state index >= 15 is 0 Å². The molecule has 0 aromatic carbocycles. The molecule has 0 heterocycles. The van der Waals surface area contributed by atoms with Crippen LogP contribution in [0.15, 0.2) is 12.2 Å². The summed E-state index contributed by atoms with van der Waals surface area (Å²) in [6, 6.07) is 0. The number of hydrogen-bond acceptors (Lipinski definition) is 7. The molecule has 0 saturated carbocycles. The fourth-order valence-corrected chi connectivity index (χ4v) is 0.877. The fourth-order valence-electron chi connectivity index (χ4n) is 0.877. The number of ketones is 1. The molecule has 0 aliphatic rings. The van der Waals surface area contributed by atoms with Crippen molar-refractivity contribution in [1.29, 1.82) is 0 Å². The highest BCUT2D eigenvalue weighted by molar-refractivity contribution is 5.87. The van der Waals surface area contributed by atoms with Gasteiger partial charge in [-0.3, -0.25) is 4.79 Å². The standard InChI is InChI=1S/C10H16O7/c1-5(2)10(16)17-4-7(13)9(15)8(14)6(12)3-11/h7-9,11,13-15H,1,3-4H2,2H3/t7-,8-,9-/m1/s1. The molecule has 0 rings (SSSR count). The van der Waals surface area contributed by atoms with Gasteiger partial charge in [0.1, 0.15) is 31.5 Å². The van der Waals surface area contributed by atoms with Gasteiger partial charge in [-0.15, -0.1) is 0 Å². The van der Waals surface area contributed by atoms with E-state index in [1.165, 1.54) is 6.92 Å². The van der Waals surface area contributed by atoms with Crippen LogP contribution < -0.4 is 0 Å². The number of carbonyl (C=O) groups excluding carboxylic acids is 2. The number of carbonyl (C=O) groups is 2. The number of rotatable bonds is 7. The van der Waals surface area contributed by atoms with Gasteiger partial charge in [-0.2, -0.15) is 0 Å². The van der Waals surface area contributed by atoms with Crippen LogP contribution in [0.25, 0.3) is 0 Å². The van der Waals surface area contributed by atoms with E-state index in [0.717, 1.165) is 0 Å². The molecular weight excluding hydrogens is 232 g/mol. The number of hydrogen-bond donors (Lipinski definition) is 4. The minimum atomic E-state index is -1.93. The Morgan fingerprint density at radius 1 is 1.29 bits per heavy atom. The summed E-state index contributed by atoms with van der Waals surface area (Å²) in [7, 11) is 0. The van der Waals surface area contributed by atoms with Crippen LogP contribution in [0.3, 0.4) is 0 Å². The van der Waals surface area contributed by atoms with Gasteiger partial charge in [0.25, 0.3) is 0 Å². The van der Waals surface area contributed by atoms with Crippen molar-refractivity contribution in [2.24, 2.45) is 0 Å². The monoisotopic (exact) mass is 248 g/mol. The van der Waals surface area contributed by atoms with Crippen LogP contribution in [0.2, 0.25) is 0 Å². The topological polar surface area (TPSA) is 124 Å². The predicted molar refractivity (Wildman–Crippen MR) is 55.9 cm³/mol. The van der Waals surface area contributed by atoms with Gasteiger partial charge >= 0.3 is 5.97 Å². The summed E-state index contributed by atoms with van der Waals surface area (Å²) in [5.74, 6) is -1.80. The Morgan fingerprint density at radius 3 is 2.24 bits per heavy atom. The average Bonchev–Trinajstić information content (AvgIpc) is 2.32. The van der Waals surface area contributed by atoms with Crippen LogP contribution in [0.4, 0.5) is 0 Å². The van der Waals surface area contributed by atoms with Crippen molar-refractivity contribution in [2.45, 2.75) is 25.2 Å². The molecule has 0 aromatic heterocycles. The SMILES string of the molecule is C=C(C)C(=O)OC[C@@H](O)[C@@H](O)[C@H](O)C(=O)CO. The Morgan fingerprint density at radius 2 is 1.82 bits per heavy atom. The number of Topliss-reactive ketones (excluding diaryl/α,β-unsaturated/α-hetero) is 1. The first-order valence-electron chi connectivity index (χ1n) is 4.81. The fraction of sp³-hybridized carbons (Fsp3) is 0.600. The van der Waals surface area contributed by atoms with Gasteiger partial charge in [-0.05, 0) is 6.92 Å². The Hall–Kier alpha value is -1.28. The highest BCUT2D eigenvalue weighted by Crippen LogP contribution is 2.03. The maximum Gasteiger partial charge on any atom is 0.333 e. The van der Waals surface area contributed by atoms with Gasteiger partial charge in [0.15, 0.2) is 5.78 Å². The largest absolute Gasteiger partial charge is 0.459 e. The molecule has 0 radical (unpaired) electrons. The Kier molecular flexibility index (Phi) is 6.59. The first-order valence-corrected chi connectivity index (χ1v) is 4.81. The molecule has 3 atom stereocenters. The Balaban J connectivity index is 4.22. The summed E-state index contributed by atoms with van der Waals surface area (Å²) in [6.45, 7) is 3.14. The first-order chi connectivity index (χ1) is 7.81. The van der Waals surface area contributed by atoms with Gasteiger partial charge < -0.3 is 25.2 Å². The minimum absolute atomic E-state index is 0.110.